The van der Waals surface area contributed by atoms with Crippen LogP contribution in [0.4, 0.5) is 4.39 Å². The summed E-state index contributed by atoms with van der Waals surface area (Å²) >= 11 is 0. The van der Waals surface area contributed by atoms with Crippen molar-refractivity contribution in [2.24, 2.45) is 0 Å². The topological polar surface area (TPSA) is 75.0 Å². The van der Waals surface area contributed by atoms with Gasteiger partial charge in [0.25, 0.3) is 0 Å². The molecule has 4 aromatic rings. The van der Waals surface area contributed by atoms with E-state index in [4.69, 9.17) is 18.6 Å². The average molecular weight is 420 g/mol. The van der Waals surface area contributed by atoms with Gasteiger partial charge in [-0.15, -0.1) is 0 Å². The van der Waals surface area contributed by atoms with Crippen molar-refractivity contribution >= 4 is 16.9 Å². The Morgan fingerprint density at radius 2 is 1.68 bits per heavy atom. The van der Waals surface area contributed by atoms with E-state index < -0.39 is 17.2 Å². The molecule has 0 saturated heterocycles. The first-order valence-electron chi connectivity index (χ1n) is 9.33. The van der Waals surface area contributed by atoms with Crippen LogP contribution in [0.5, 0.6) is 23.0 Å². The first kappa shape index (κ1) is 20.2. The number of carbonyl (C=O) groups excluding carboxylic acids is 1. The summed E-state index contributed by atoms with van der Waals surface area (Å²) in [5.74, 6) is -0.329. The summed E-state index contributed by atoms with van der Waals surface area (Å²) in [7, 11) is 1.50. The van der Waals surface area contributed by atoms with E-state index in [2.05, 4.69) is 0 Å². The molecule has 0 bridgehead atoms. The first-order chi connectivity index (χ1) is 15.0. The molecule has 0 aliphatic heterocycles. The van der Waals surface area contributed by atoms with Crippen LogP contribution in [-0.2, 0) is 0 Å². The van der Waals surface area contributed by atoms with Gasteiger partial charge in [0.05, 0.1) is 18.1 Å². The number of fused-ring (bicyclic) bond motifs is 1. The molecular weight excluding hydrogens is 403 g/mol. The van der Waals surface area contributed by atoms with Gasteiger partial charge in [0.1, 0.15) is 22.9 Å². The predicted octanol–water partition coefficient (Wildman–Crippen LogP) is 5.26. The quantitative estimate of drug-likeness (QED) is 0.324. The van der Waals surface area contributed by atoms with E-state index in [0.29, 0.717) is 11.5 Å². The summed E-state index contributed by atoms with van der Waals surface area (Å²) in [5.41, 5.74) is -0.383. The monoisotopic (exact) mass is 420 g/mol. The Morgan fingerprint density at radius 3 is 2.42 bits per heavy atom. The summed E-state index contributed by atoms with van der Waals surface area (Å²) in [6.45, 7) is 1.59. The van der Waals surface area contributed by atoms with E-state index in [1.807, 2.05) is 0 Å². The standard InChI is InChI=1S/C24H17FO6/c1-14-23(31-20-10-6-5-9-19(20)28-2)22(26)17-12-11-15(13-21(17)29-14)30-24(27)16-7-3-4-8-18(16)25/h3-13H,1-2H3. The third kappa shape index (κ3) is 3.98. The lowest BCUT2D eigenvalue weighted by Crippen LogP contribution is -2.11. The van der Waals surface area contributed by atoms with Gasteiger partial charge in [-0.3, -0.25) is 4.79 Å². The molecule has 0 amide bonds. The zero-order valence-electron chi connectivity index (χ0n) is 16.7. The Bertz CT molecular complexity index is 1340. The lowest BCUT2D eigenvalue weighted by atomic mass is 10.2. The van der Waals surface area contributed by atoms with Crippen molar-refractivity contribution in [3.05, 3.63) is 94.1 Å². The van der Waals surface area contributed by atoms with E-state index in [1.165, 1.54) is 49.6 Å². The number of aryl methyl sites for hydroxylation is 1. The second-order valence-electron chi connectivity index (χ2n) is 6.60. The molecule has 1 aromatic heterocycles. The first-order valence-corrected chi connectivity index (χ1v) is 9.33. The number of hydrogen-bond acceptors (Lipinski definition) is 6. The summed E-state index contributed by atoms with van der Waals surface area (Å²) in [4.78, 5) is 25.2. The van der Waals surface area contributed by atoms with Gasteiger partial charge < -0.3 is 18.6 Å². The van der Waals surface area contributed by atoms with Crippen LogP contribution >= 0.6 is 0 Å². The van der Waals surface area contributed by atoms with Gasteiger partial charge in [0.2, 0.25) is 11.2 Å². The minimum Gasteiger partial charge on any atom is -0.493 e. The highest BCUT2D eigenvalue weighted by molar-refractivity contribution is 5.92. The molecule has 4 rings (SSSR count). The molecule has 0 unspecified atom stereocenters. The fourth-order valence-electron chi connectivity index (χ4n) is 3.05. The number of benzene rings is 3. The van der Waals surface area contributed by atoms with Gasteiger partial charge in [-0.2, -0.15) is 0 Å². The van der Waals surface area contributed by atoms with Crippen molar-refractivity contribution in [2.75, 3.05) is 7.11 Å². The molecular formula is C24H17FO6. The maximum absolute atomic E-state index is 13.8. The number of rotatable bonds is 5. The minimum atomic E-state index is -0.854. The molecule has 0 aliphatic rings. The molecule has 0 aliphatic carbocycles. The van der Waals surface area contributed by atoms with Crippen LogP contribution in [0.3, 0.4) is 0 Å². The fraction of sp³-hybridized carbons (Fsp3) is 0.0833. The van der Waals surface area contributed by atoms with E-state index in [0.717, 1.165) is 0 Å². The van der Waals surface area contributed by atoms with Crippen molar-refractivity contribution in [3.8, 4) is 23.0 Å². The fourth-order valence-corrected chi connectivity index (χ4v) is 3.05. The second kappa shape index (κ2) is 8.31. The smallest absolute Gasteiger partial charge is 0.346 e. The Labute approximate surface area is 176 Å². The van der Waals surface area contributed by atoms with Crippen LogP contribution in [-0.4, -0.2) is 13.1 Å². The van der Waals surface area contributed by atoms with Crippen LogP contribution in [0.1, 0.15) is 16.1 Å². The lowest BCUT2D eigenvalue weighted by Gasteiger charge is -2.12. The summed E-state index contributed by atoms with van der Waals surface area (Å²) < 4.78 is 35.8. The van der Waals surface area contributed by atoms with Crippen molar-refractivity contribution in [2.45, 2.75) is 6.92 Å². The maximum Gasteiger partial charge on any atom is 0.346 e. The number of hydrogen-bond donors (Lipinski definition) is 0. The Balaban J connectivity index is 1.67. The van der Waals surface area contributed by atoms with Crippen molar-refractivity contribution in [3.63, 3.8) is 0 Å². The molecule has 0 saturated carbocycles. The Hall–Kier alpha value is -4.13. The third-order valence-corrected chi connectivity index (χ3v) is 4.57. The van der Waals surface area contributed by atoms with Gasteiger partial charge in [-0.1, -0.05) is 24.3 Å². The normalized spacial score (nSPS) is 10.7. The lowest BCUT2D eigenvalue weighted by molar-refractivity contribution is 0.0730. The molecule has 31 heavy (non-hydrogen) atoms. The van der Waals surface area contributed by atoms with Crippen LogP contribution in [0.15, 0.2) is 75.9 Å². The van der Waals surface area contributed by atoms with Gasteiger partial charge >= 0.3 is 5.97 Å². The Morgan fingerprint density at radius 1 is 0.968 bits per heavy atom. The average Bonchev–Trinajstić information content (AvgIpc) is 2.77. The molecule has 6 nitrogen and oxygen atoms in total. The molecule has 0 N–H and O–H groups in total. The van der Waals surface area contributed by atoms with Crippen LogP contribution in [0.25, 0.3) is 11.0 Å². The van der Waals surface area contributed by atoms with E-state index in [-0.39, 0.29) is 33.8 Å². The summed E-state index contributed by atoms with van der Waals surface area (Å²) in [6.07, 6.45) is 0. The largest absolute Gasteiger partial charge is 0.493 e. The molecule has 1 heterocycles. The van der Waals surface area contributed by atoms with Crippen molar-refractivity contribution < 1.29 is 27.8 Å². The molecule has 0 spiro atoms. The molecule has 0 atom stereocenters. The van der Waals surface area contributed by atoms with Crippen LogP contribution in [0.2, 0.25) is 0 Å². The second-order valence-corrected chi connectivity index (χ2v) is 6.60. The van der Waals surface area contributed by atoms with Gasteiger partial charge in [0.15, 0.2) is 11.5 Å². The minimum absolute atomic E-state index is 0.0214. The number of carbonyl (C=O) groups is 1. The van der Waals surface area contributed by atoms with Gasteiger partial charge in [-0.05, 0) is 43.3 Å². The number of esters is 1. The number of ether oxygens (including phenoxy) is 3. The molecule has 3 aromatic carbocycles. The molecule has 7 heteroatoms. The molecule has 0 radical (unpaired) electrons. The number of para-hydroxylation sites is 2. The number of halogens is 1. The molecule has 0 fully saturated rings. The SMILES string of the molecule is COc1ccccc1Oc1c(C)oc2cc(OC(=O)c3ccccc3F)ccc2c1=O. The predicted molar refractivity (Wildman–Crippen MR) is 112 cm³/mol. The Kier molecular flexibility index (Phi) is 5.41. The third-order valence-electron chi connectivity index (χ3n) is 4.57. The van der Waals surface area contributed by atoms with Crippen LogP contribution < -0.4 is 19.6 Å². The summed E-state index contributed by atoms with van der Waals surface area (Å²) in [5, 5.41) is 0.237. The zero-order valence-corrected chi connectivity index (χ0v) is 16.7. The maximum atomic E-state index is 13.8. The van der Waals surface area contributed by atoms with Crippen molar-refractivity contribution in [1.29, 1.82) is 0 Å². The highest BCUT2D eigenvalue weighted by Crippen LogP contribution is 2.32. The zero-order chi connectivity index (χ0) is 22.0. The van der Waals surface area contributed by atoms with E-state index in [1.54, 1.807) is 31.2 Å². The van der Waals surface area contributed by atoms with E-state index in [9.17, 15) is 14.0 Å². The van der Waals surface area contributed by atoms with Gasteiger partial charge in [0, 0.05) is 6.07 Å². The van der Waals surface area contributed by atoms with Crippen LogP contribution in [0, 0.1) is 12.7 Å². The summed E-state index contributed by atoms with van der Waals surface area (Å²) in [6, 6.07) is 16.7. The number of methoxy groups -OCH3 is 1. The molecule has 156 valence electrons. The van der Waals surface area contributed by atoms with Gasteiger partial charge in [-0.25, -0.2) is 9.18 Å². The highest BCUT2D eigenvalue weighted by atomic mass is 19.1. The van der Waals surface area contributed by atoms with Crippen molar-refractivity contribution in [1.82, 2.24) is 0 Å². The van der Waals surface area contributed by atoms with E-state index >= 15 is 0 Å². The highest BCUT2D eigenvalue weighted by Gasteiger charge is 2.18.